The molecule has 0 radical (unpaired) electrons. The molecule has 1 aliphatic heterocycles. The molecular formula is C18H24ClN3O4S. The van der Waals surface area contributed by atoms with Crippen LogP contribution in [-0.4, -0.2) is 57.8 Å². The molecule has 1 aromatic heterocycles. The van der Waals surface area contributed by atoms with Gasteiger partial charge in [-0.2, -0.15) is 0 Å². The molecule has 0 spiro atoms. The lowest BCUT2D eigenvalue weighted by Gasteiger charge is -2.34. The molecule has 2 aromatic rings. The third kappa shape index (κ3) is 4.64. The molecular weight excluding hydrogens is 390 g/mol. The van der Waals surface area contributed by atoms with Gasteiger partial charge in [-0.05, 0) is 30.3 Å². The average molecular weight is 414 g/mol. The zero-order valence-corrected chi connectivity index (χ0v) is 17.0. The predicted molar refractivity (Wildman–Crippen MR) is 104 cm³/mol. The smallest absolute Gasteiger partial charge is 0.240 e. The number of methoxy groups -OCH3 is 1. The highest BCUT2D eigenvalue weighted by atomic mass is 35.5. The van der Waals surface area contributed by atoms with Gasteiger partial charge in [0.25, 0.3) is 0 Å². The largest absolute Gasteiger partial charge is 0.495 e. The molecule has 1 N–H and O–H groups in total. The van der Waals surface area contributed by atoms with E-state index in [-0.39, 0.29) is 22.5 Å². The maximum atomic E-state index is 12.8. The summed E-state index contributed by atoms with van der Waals surface area (Å²) in [6.45, 7) is 3.05. The fourth-order valence-corrected chi connectivity index (χ4v) is 4.60. The van der Waals surface area contributed by atoms with E-state index in [1.807, 2.05) is 29.9 Å². The van der Waals surface area contributed by atoms with Crippen LogP contribution >= 0.6 is 11.6 Å². The first-order chi connectivity index (χ1) is 12.9. The highest BCUT2D eigenvalue weighted by molar-refractivity contribution is 7.89. The first-order valence-electron chi connectivity index (χ1n) is 8.68. The Kier molecular flexibility index (Phi) is 6.44. The maximum Gasteiger partial charge on any atom is 0.240 e. The van der Waals surface area contributed by atoms with Crippen molar-refractivity contribution in [2.75, 3.05) is 40.0 Å². The van der Waals surface area contributed by atoms with E-state index in [9.17, 15) is 8.42 Å². The van der Waals surface area contributed by atoms with Gasteiger partial charge in [-0.25, -0.2) is 13.1 Å². The minimum absolute atomic E-state index is 0.0857. The first-order valence-corrected chi connectivity index (χ1v) is 10.5. The number of hydrogen-bond donors (Lipinski definition) is 1. The normalized spacial score (nSPS) is 17.0. The summed E-state index contributed by atoms with van der Waals surface area (Å²) >= 11 is 6.08. The van der Waals surface area contributed by atoms with Gasteiger partial charge in [-0.3, -0.25) is 4.90 Å². The summed E-state index contributed by atoms with van der Waals surface area (Å²) in [6, 6.07) is 8.32. The van der Waals surface area contributed by atoms with Crippen molar-refractivity contribution in [1.29, 1.82) is 0 Å². The number of benzene rings is 1. The van der Waals surface area contributed by atoms with Crippen LogP contribution in [0.2, 0.25) is 5.02 Å². The zero-order chi connectivity index (χ0) is 19.4. The first kappa shape index (κ1) is 20.2. The van der Waals surface area contributed by atoms with Gasteiger partial charge >= 0.3 is 0 Å². The van der Waals surface area contributed by atoms with Gasteiger partial charge in [-0.1, -0.05) is 11.6 Å². The fraction of sp³-hybridized carbons (Fsp3) is 0.444. The monoisotopic (exact) mass is 413 g/mol. The van der Waals surface area contributed by atoms with Crippen LogP contribution in [0.25, 0.3) is 0 Å². The molecule has 1 saturated heterocycles. The standard InChI is InChI=1S/C18H24ClN3O4S/c1-21-7-3-4-16(21)17(22-8-10-26-11-9-22)13-20-27(23,24)14-5-6-18(25-2)15(19)12-14/h3-7,12,17,20H,8-11,13H2,1-2H3/t17-/m0/s1. The van der Waals surface area contributed by atoms with Gasteiger partial charge < -0.3 is 14.0 Å². The molecule has 1 atom stereocenters. The van der Waals surface area contributed by atoms with E-state index >= 15 is 0 Å². The van der Waals surface area contributed by atoms with Crippen molar-refractivity contribution in [1.82, 2.24) is 14.2 Å². The summed E-state index contributed by atoms with van der Waals surface area (Å²) in [5.74, 6) is 0.436. The van der Waals surface area contributed by atoms with Gasteiger partial charge in [-0.15, -0.1) is 0 Å². The van der Waals surface area contributed by atoms with Crippen molar-refractivity contribution >= 4 is 21.6 Å². The second-order valence-corrected chi connectivity index (χ2v) is 8.53. The van der Waals surface area contributed by atoms with Gasteiger partial charge in [0.1, 0.15) is 5.75 Å². The number of nitrogens with zero attached hydrogens (tertiary/aromatic N) is 2. The number of ether oxygens (including phenoxy) is 2. The van der Waals surface area contributed by atoms with Crippen molar-refractivity contribution in [2.45, 2.75) is 10.9 Å². The number of hydrogen-bond acceptors (Lipinski definition) is 5. The van der Waals surface area contributed by atoms with E-state index in [4.69, 9.17) is 21.1 Å². The van der Waals surface area contributed by atoms with Crippen molar-refractivity contribution in [3.8, 4) is 5.75 Å². The Morgan fingerprint density at radius 3 is 2.63 bits per heavy atom. The van der Waals surface area contributed by atoms with Crippen molar-refractivity contribution in [2.24, 2.45) is 7.05 Å². The van der Waals surface area contributed by atoms with Gasteiger partial charge in [0.2, 0.25) is 10.0 Å². The molecule has 0 bridgehead atoms. The predicted octanol–water partition coefficient (Wildman–Crippen LogP) is 2.04. The van der Waals surface area contributed by atoms with E-state index in [1.54, 1.807) is 6.07 Å². The molecule has 1 aliphatic rings. The number of rotatable bonds is 7. The molecule has 0 unspecified atom stereocenters. The second-order valence-electron chi connectivity index (χ2n) is 6.36. The second kappa shape index (κ2) is 8.62. The summed E-state index contributed by atoms with van der Waals surface area (Å²) in [6.07, 6.45) is 1.96. The molecule has 0 amide bonds. The molecule has 1 fully saturated rings. The fourth-order valence-electron chi connectivity index (χ4n) is 3.22. The minimum Gasteiger partial charge on any atom is -0.495 e. The molecule has 27 heavy (non-hydrogen) atoms. The molecule has 3 rings (SSSR count). The van der Waals surface area contributed by atoms with Crippen molar-refractivity contribution < 1.29 is 17.9 Å². The third-order valence-electron chi connectivity index (χ3n) is 4.71. The third-order valence-corrected chi connectivity index (χ3v) is 6.43. The molecule has 0 aliphatic carbocycles. The lowest BCUT2D eigenvalue weighted by atomic mass is 10.1. The highest BCUT2D eigenvalue weighted by Gasteiger charge is 2.26. The summed E-state index contributed by atoms with van der Waals surface area (Å²) in [5, 5.41) is 0.257. The summed E-state index contributed by atoms with van der Waals surface area (Å²) in [7, 11) is -0.257. The molecule has 148 valence electrons. The number of nitrogens with one attached hydrogen (secondary N) is 1. The number of aryl methyl sites for hydroxylation is 1. The summed E-state index contributed by atoms with van der Waals surface area (Å²) in [4.78, 5) is 2.35. The number of halogens is 1. The van der Waals surface area contributed by atoms with Crippen LogP contribution in [0, 0.1) is 0 Å². The van der Waals surface area contributed by atoms with Gasteiger partial charge in [0.15, 0.2) is 0 Å². The SMILES string of the molecule is COc1ccc(S(=O)(=O)NC[C@@H](c2cccn2C)N2CCOCC2)cc1Cl. The summed E-state index contributed by atoms with van der Waals surface area (Å²) in [5.41, 5.74) is 1.05. The zero-order valence-electron chi connectivity index (χ0n) is 15.4. The Hall–Kier alpha value is -1.58. The number of aromatic nitrogens is 1. The van der Waals surface area contributed by atoms with Crippen LogP contribution in [0.4, 0.5) is 0 Å². The van der Waals surface area contributed by atoms with E-state index in [0.29, 0.717) is 19.0 Å². The Morgan fingerprint density at radius 1 is 1.30 bits per heavy atom. The highest BCUT2D eigenvalue weighted by Crippen LogP contribution is 2.27. The minimum atomic E-state index is -3.70. The Morgan fingerprint density at radius 2 is 2.04 bits per heavy atom. The van der Waals surface area contributed by atoms with Crippen LogP contribution in [-0.2, 0) is 21.8 Å². The van der Waals surface area contributed by atoms with Crippen LogP contribution in [0.3, 0.4) is 0 Å². The Bertz CT molecular complexity index is 878. The summed E-state index contributed by atoms with van der Waals surface area (Å²) < 4.78 is 40.8. The van der Waals surface area contributed by atoms with E-state index in [1.165, 1.54) is 19.2 Å². The van der Waals surface area contributed by atoms with Crippen LogP contribution < -0.4 is 9.46 Å². The Labute approximate surface area is 164 Å². The van der Waals surface area contributed by atoms with Crippen molar-refractivity contribution in [3.05, 3.63) is 47.2 Å². The van der Waals surface area contributed by atoms with Crippen LogP contribution in [0.1, 0.15) is 11.7 Å². The quantitative estimate of drug-likeness (QED) is 0.752. The lowest BCUT2D eigenvalue weighted by molar-refractivity contribution is 0.0158. The Balaban J connectivity index is 1.79. The van der Waals surface area contributed by atoms with Gasteiger partial charge in [0.05, 0.1) is 36.3 Å². The van der Waals surface area contributed by atoms with E-state index in [0.717, 1.165) is 18.8 Å². The molecule has 0 saturated carbocycles. The molecule has 9 heteroatoms. The lowest BCUT2D eigenvalue weighted by Crippen LogP contribution is -2.44. The van der Waals surface area contributed by atoms with Crippen LogP contribution in [0.15, 0.2) is 41.4 Å². The van der Waals surface area contributed by atoms with Crippen molar-refractivity contribution in [3.63, 3.8) is 0 Å². The molecule has 7 nitrogen and oxygen atoms in total. The maximum absolute atomic E-state index is 12.8. The molecule has 1 aromatic carbocycles. The van der Waals surface area contributed by atoms with E-state index in [2.05, 4.69) is 9.62 Å². The number of sulfonamides is 1. The van der Waals surface area contributed by atoms with E-state index < -0.39 is 10.0 Å². The molecule has 2 heterocycles. The van der Waals surface area contributed by atoms with Crippen LogP contribution in [0.5, 0.6) is 5.75 Å². The topological polar surface area (TPSA) is 72.8 Å². The number of morpholine rings is 1. The van der Waals surface area contributed by atoms with Gasteiger partial charge in [0, 0.05) is 38.6 Å². The average Bonchev–Trinajstić information content (AvgIpc) is 3.08.